The van der Waals surface area contributed by atoms with E-state index >= 15 is 0 Å². The summed E-state index contributed by atoms with van der Waals surface area (Å²) in [5.41, 5.74) is 1.94. The number of benzene rings is 2. The first kappa shape index (κ1) is 12.9. The van der Waals surface area contributed by atoms with Crippen LogP contribution in [0.3, 0.4) is 0 Å². The number of ketones is 1. The number of halogens is 2. The molecule has 1 aliphatic carbocycles. The Morgan fingerprint density at radius 3 is 2.63 bits per heavy atom. The molecule has 1 nitrogen and oxygen atoms in total. The Morgan fingerprint density at radius 2 is 1.89 bits per heavy atom. The molecule has 1 saturated carbocycles. The average molecular weight is 336 g/mol. The average Bonchev–Trinajstić information content (AvgIpc) is 3.22. The van der Waals surface area contributed by atoms with Gasteiger partial charge in [0.05, 0.1) is 0 Å². The summed E-state index contributed by atoms with van der Waals surface area (Å²) in [7, 11) is 0. The van der Waals surface area contributed by atoms with Gasteiger partial charge in [-0.3, -0.25) is 4.79 Å². The molecule has 3 rings (SSSR count). The minimum absolute atomic E-state index is 0.0946. The van der Waals surface area contributed by atoms with Crippen LogP contribution in [-0.4, -0.2) is 5.78 Å². The molecular weight excluding hydrogens is 324 g/mol. The van der Waals surface area contributed by atoms with E-state index in [9.17, 15) is 4.79 Å². The summed E-state index contributed by atoms with van der Waals surface area (Å²) in [5, 5.41) is 0.600. The molecule has 0 spiro atoms. The second-order valence-electron chi connectivity index (χ2n) is 4.85. The zero-order chi connectivity index (χ0) is 13.4. The summed E-state index contributed by atoms with van der Waals surface area (Å²) in [6.07, 6.45) is 0.932. The van der Waals surface area contributed by atoms with Crippen LogP contribution >= 0.6 is 27.5 Å². The maximum atomic E-state index is 12.5. The number of hydrogen-bond acceptors (Lipinski definition) is 1. The second-order valence-corrected chi connectivity index (χ2v) is 6.14. The van der Waals surface area contributed by atoms with Crippen LogP contribution in [0.15, 0.2) is 53.0 Å². The van der Waals surface area contributed by atoms with Gasteiger partial charge in [0.2, 0.25) is 0 Å². The van der Waals surface area contributed by atoms with Gasteiger partial charge in [-0.05, 0) is 36.1 Å². The van der Waals surface area contributed by atoms with E-state index in [1.807, 2.05) is 24.3 Å². The topological polar surface area (TPSA) is 17.1 Å². The highest BCUT2D eigenvalue weighted by Gasteiger charge is 2.44. The number of Topliss-reactive ketones (excluding diaryl/α,β-unsaturated/α-hetero) is 1. The van der Waals surface area contributed by atoms with Crippen LogP contribution in [0.25, 0.3) is 0 Å². The summed E-state index contributed by atoms with van der Waals surface area (Å²) >= 11 is 9.39. The molecule has 0 amide bonds. The van der Waals surface area contributed by atoms with Gasteiger partial charge in [0, 0.05) is 21.0 Å². The molecule has 2 aromatic rings. The highest BCUT2D eigenvalue weighted by Crippen LogP contribution is 2.49. The Bertz CT molecular complexity index is 624. The molecule has 0 saturated heterocycles. The van der Waals surface area contributed by atoms with E-state index in [1.165, 1.54) is 5.56 Å². The van der Waals surface area contributed by atoms with E-state index in [0.717, 1.165) is 10.9 Å². The fourth-order valence-corrected chi connectivity index (χ4v) is 3.05. The lowest BCUT2D eigenvalue weighted by atomic mass is 10.0. The van der Waals surface area contributed by atoms with Gasteiger partial charge >= 0.3 is 0 Å². The normalized spacial score (nSPS) is 21.2. The highest BCUT2D eigenvalue weighted by molar-refractivity contribution is 9.10. The van der Waals surface area contributed by atoms with Gasteiger partial charge < -0.3 is 0 Å². The van der Waals surface area contributed by atoms with Crippen molar-refractivity contribution in [3.63, 3.8) is 0 Å². The molecule has 2 unspecified atom stereocenters. The molecule has 96 valence electrons. The third kappa shape index (κ3) is 2.60. The van der Waals surface area contributed by atoms with E-state index in [4.69, 9.17) is 11.6 Å². The largest absolute Gasteiger partial charge is 0.294 e. The predicted octanol–water partition coefficient (Wildman–Crippen LogP) is 5.09. The molecule has 0 aliphatic heterocycles. The zero-order valence-corrected chi connectivity index (χ0v) is 12.5. The summed E-state index contributed by atoms with van der Waals surface area (Å²) in [6, 6.07) is 15.6. The Morgan fingerprint density at radius 1 is 1.16 bits per heavy atom. The lowest BCUT2D eigenvalue weighted by Crippen LogP contribution is -2.04. The summed E-state index contributed by atoms with van der Waals surface area (Å²) in [6.45, 7) is 0. The second kappa shape index (κ2) is 5.10. The molecule has 1 aliphatic rings. The molecule has 0 aromatic heterocycles. The van der Waals surface area contributed by atoms with Gasteiger partial charge in [0.25, 0.3) is 0 Å². The molecule has 2 aromatic carbocycles. The lowest BCUT2D eigenvalue weighted by molar-refractivity contribution is 0.0964. The van der Waals surface area contributed by atoms with Crippen molar-refractivity contribution in [2.24, 2.45) is 5.92 Å². The molecule has 0 radical (unpaired) electrons. The first-order valence-electron chi connectivity index (χ1n) is 6.21. The Labute approximate surface area is 125 Å². The lowest BCUT2D eigenvalue weighted by Gasteiger charge is -2.04. The maximum absolute atomic E-state index is 12.5. The third-order valence-electron chi connectivity index (χ3n) is 3.55. The van der Waals surface area contributed by atoms with Crippen molar-refractivity contribution in [2.75, 3.05) is 0 Å². The maximum Gasteiger partial charge on any atom is 0.167 e. The quantitative estimate of drug-likeness (QED) is 0.714. The predicted molar refractivity (Wildman–Crippen MR) is 80.8 cm³/mol. The molecule has 3 heteroatoms. The van der Waals surface area contributed by atoms with Crippen LogP contribution < -0.4 is 0 Å². The van der Waals surface area contributed by atoms with Gasteiger partial charge in [0.15, 0.2) is 5.78 Å². The molecule has 0 N–H and O–H groups in total. The van der Waals surface area contributed by atoms with Crippen LogP contribution in [0, 0.1) is 5.92 Å². The highest BCUT2D eigenvalue weighted by atomic mass is 79.9. The van der Waals surface area contributed by atoms with Crippen molar-refractivity contribution in [1.29, 1.82) is 0 Å². The van der Waals surface area contributed by atoms with E-state index in [1.54, 1.807) is 12.1 Å². The van der Waals surface area contributed by atoms with Gasteiger partial charge in [0.1, 0.15) is 0 Å². The first-order chi connectivity index (χ1) is 9.16. The summed E-state index contributed by atoms with van der Waals surface area (Å²) < 4.78 is 0.820. The van der Waals surface area contributed by atoms with Crippen LogP contribution in [0.1, 0.15) is 28.3 Å². The molecule has 19 heavy (non-hydrogen) atoms. The van der Waals surface area contributed by atoms with Gasteiger partial charge in [-0.2, -0.15) is 0 Å². The third-order valence-corrected chi connectivity index (χ3v) is 4.48. The zero-order valence-electron chi connectivity index (χ0n) is 10.1. The fourth-order valence-electron chi connectivity index (χ4n) is 2.44. The van der Waals surface area contributed by atoms with Gasteiger partial charge in [-0.15, -0.1) is 0 Å². The van der Waals surface area contributed by atoms with Crippen molar-refractivity contribution < 1.29 is 4.79 Å². The van der Waals surface area contributed by atoms with E-state index in [0.29, 0.717) is 16.5 Å². The van der Waals surface area contributed by atoms with Crippen molar-refractivity contribution in [3.05, 3.63) is 69.2 Å². The summed E-state index contributed by atoms with van der Waals surface area (Å²) in [4.78, 5) is 12.5. The Kier molecular flexibility index (Phi) is 3.46. The molecule has 0 bridgehead atoms. The number of carbonyl (C=O) groups is 1. The van der Waals surface area contributed by atoms with Crippen molar-refractivity contribution in [2.45, 2.75) is 12.3 Å². The van der Waals surface area contributed by atoms with E-state index in [2.05, 4.69) is 28.1 Å². The minimum atomic E-state index is 0.0946. The Hall–Kier alpha value is -1.12. The molecule has 2 atom stereocenters. The van der Waals surface area contributed by atoms with Crippen molar-refractivity contribution in [3.8, 4) is 0 Å². The molecular formula is C16H12BrClO. The SMILES string of the molecule is O=C(c1cc(Cl)ccc1Br)C1CC1c1ccccc1. The standard InChI is InChI=1S/C16H12BrClO/c17-15-7-6-11(18)8-14(15)16(19)13-9-12(13)10-4-2-1-3-5-10/h1-8,12-13H,9H2. The van der Waals surface area contributed by atoms with Crippen LogP contribution in [0.2, 0.25) is 5.02 Å². The van der Waals surface area contributed by atoms with Crippen molar-refractivity contribution in [1.82, 2.24) is 0 Å². The van der Waals surface area contributed by atoms with Crippen molar-refractivity contribution >= 4 is 33.3 Å². The minimum Gasteiger partial charge on any atom is -0.294 e. The number of rotatable bonds is 3. The van der Waals surface area contributed by atoms with E-state index < -0.39 is 0 Å². The number of carbonyl (C=O) groups excluding carboxylic acids is 1. The molecule has 0 heterocycles. The Balaban J connectivity index is 1.82. The van der Waals surface area contributed by atoms with Gasteiger partial charge in [-0.1, -0.05) is 57.9 Å². The van der Waals surface area contributed by atoms with Gasteiger partial charge in [-0.25, -0.2) is 0 Å². The van der Waals surface area contributed by atoms with E-state index in [-0.39, 0.29) is 11.7 Å². The van der Waals surface area contributed by atoms with Crippen LogP contribution in [0.5, 0.6) is 0 Å². The summed E-state index contributed by atoms with van der Waals surface area (Å²) in [5.74, 6) is 0.639. The first-order valence-corrected chi connectivity index (χ1v) is 7.38. The number of hydrogen-bond donors (Lipinski definition) is 0. The fraction of sp³-hybridized carbons (Fsp3) is 0.188. The smallest absolute Gasteiger partial charge is 0.167 e. The molecule has 1 fully saturated rings. The van der Waals surface area contributed by atoms with Crippen LogP contribution in [0.4, 0.5) is 0 Å². The van der Waals surface area contributed by atoms with Crippen LogP contribution in [-0.2, 0) is 0 Å². The monoisotopic (exact) mass is 334 g/mol.